The maximum atomic E-state index is 13.2. The van der Waals surface area contributed by atoms with Gasteiger partial charge in [0.2, 0.25) is 5.91 Å². The predicted octanol–water partition coefficient (Wildman–Crippen LogP) is 4.16. The van der Waals surface area contributed by atoms with Crippen LogP contribution in [0.5, 0.6) is 5.75 Å². The van der Waals surface area contributed by atoms with Crippen molar-refractivity contribution in [2.45, 2.75) is 71.1 Å². The molecule has 0 aliphatic carbocycles. The van der Waals surface area contributed by atoms with Crippen LogP contribution in [-0.4, -0.2) is 58.5 Å². The Bertz CT molecular complexity index is 1040. The van der Waals surface area contributed by atoms with Crippen molar-refractivity contribution in [2.24, 2.45) is 5.92 Å². The average Bonchev–Trinajstić information content (AvgIpc) is 2.88. The van der Waals surface area contributed by atoms with Crippen molar-refractivity contribution in [3.05, 3.63) is 58.9 Å². The molecular formula is C28H39Cl2N3O4. The summed E-state index contributed by atoms with van der Waals surface area (Å²) < 4.78 is 5.70. The quantitative estimate of drug-likeness (QED) is 0.454. The third kappa shape index (κ3) is 8.14. The number of pyridine rings is 1. The minimum Gasteiger partial charge on any atom is -0.491 e. The summed E-state index contributed by atoms with van der Waals surface area (Å²) in [7, 11) is 0. The zero-order valence-electron chi connectivity index (χ0n) is 21.7. The van der Waals surface area contributed by atoms with Crippen molar-refractivity contribution in [3.8, 4) is 5.75 Å². The molecule has 1 aromatic carbocycles. The van der Waals surface area contributed by atoms with Crippen LogP contribution < -0.4 is 10.1 Å². The lowest BCUT2D eigenvalue weighted by molar-refractivity contribution is -0.130. The number of fused-ring (bicyclic) bond motifs is 1. The molecule has 2 N–H and O–H groups in total. The summed E-state index contributed by atoms with van der Waals surface area (Å²) in [4.78, 5) is 31.2. The number of amides is 1. The van der Waals surface area contributed by atoms with Crippen molar-refractivity contribution in [1.29, 1.82) is 0 Å². The Morgan fingerprint density at radius 1 is 1.19 bits per heavy atom. The van der Waals surface area contributed by atoms with Crippen LogP contribution in [0.15, 0.2) is 36.5 Å². The second-order valence-corrected chi connectivity index (χ2v) is 9.75. The lowest BCUT2D eigenvalue weighted by Gasteiger charge is -2.31. The van der Waals surface area contributed by atoms with Crippen LogP contribution in [0.4, 0.5) is 0 Å². The van der Waals surface area contributed by atoms with E-state index in [1.807, 2.05) is 30.0 Å². The first kappa shape index (κ1) is 31.0. The molecule has 9 heteroatoms. The van der Waals surface area contributed by atoms with Gasteiger partial charge in [-0.05, 0) is 62.1 Å². The van der Waals surface area contributed by atoms with E-state index in [1.54, 1.807) is 13.1 Å². The monoisotopic (exact) mass is 551 g/mol. The van der Waals surface area contributed by atoms with E-state index >= 15 is 0 Å². The zero-order chi connectivity index (χ0) is 24.8. The summed E-state index contributed by atoms with van der Waals surface area (Å²) in [5.41, 5.74) is 3.95. The number of likely N-dealkylation sites (tertiary alicyclic amines) is 1. The number of nitrogens with one attached hydrogen (secondary N) is 1. The van der Waals surface area contributed by atoms with E-state index in [2.05, 4.69) is 22.4 Å². The minimum atomic E-state index is -0.601. The second-order valence-electron chi connectivity index (χ2n) is 9.75. The van der Waals surface area contributed by atoms with E-state index in [4.69, 9.17) is 4.74 Å². The second kappa shape index (κ2) is 14.7. The Morgan fingerprint density at radius 2 is 1.89 bits per heavy atom. The van der Waals surface area contributed by atoms with E-state index in [9.17, 15) is 14.7 Å². The molecule has 0 radical (unpaired) electrons. The number of carbonyl (C=O) groups is 2. The fourth-order valence-electron chi connectivity index (χ4n) is 5.20. The van der Waals surface area contributed by atoms with Crippen LogP contribution in [0.25, 0.3) is 0 Å². The van der Waals surface area contributed by atoms with Gasteiger partial charge in [0.1, 0.15) is 5.75 Å². The van der Waals surface area contributed by atoms with E-state index in [1.165, 1.54) is 11.1 Å². The number of aliphatic hydroxyl groups excluding tert-OH is 1. The van der Waals surface area contributed by atoms with Gasteiger partial charge in [-0.3, -0.25) is 14.6 Å². The maximum absolute atomic E-state index is 13.2. The van der Waals surface area contributed by atoms with Crippen LogP contribution in [0.3, 0.4) is 0 Å². The van der Waals surface area contributed by atoms with Crippen molar-refractivity contribution < 1.29 is 19.4 Å². The van der Waals surface area contributed by atoms with Crippen molar-refractivity contribution in [2.75, 3.05) is 19.7 Å². The normalized spacial score (nSPS) is 18.1. The fraction of sp³-hybridized carbons (Fsp3) is 0.536. The molecule has 1 aromatic heterocycles. The molecule has 0 bridgehead atoms. The first-order valence-electron chi connectivity index (χ1n) is 12.8. The van der Waals surface area contributed by atoms with E-state index in [-0.39, 0.29) is 49.0 Å². The lowest BCUT2D eigenvalue weighted by atomic mass is 9.90. The van der Waals surface area contributed by atoms with E-state index < -0.39 is 6.10 Å². The maximum Gasteiger partial charge on any atom is 0.219 e. The van der Waals surface area contributed by atoms with Crippen LogP contribution in [-0.2, 0) is 24.2 Å². The van der Waals surface area contributed by atoms with Gasteiger partial charge in [0.25, 0.3) is 0 Å². The van der Waals surface area contributed by atoms with Gasteiger partial charge in [0.15, 0.2) is 5.78 Å². The van der Waals surface area contributed by atoms with Gasteiger partial charge in [-0.25, -0.2) is 0 Å². The number of rotatable bonds is 9. The van der Waals surface area contributed by atoms with Gasteiger partial charge in [0, 0.05) is 44.7 Å². The number of Topliss-reactive ketones (excluding diaryl/α,β-unsaturated/α-hetero) is 1. The number of nitrogens with zero attached hydrogens (tertiary/aromatic N) is 2. The number of hydrogen-bond donors (Lipinski definition) is 2. The SMILES string of the molecule is CCOc1cnc(CC2CCN(C(C)=O)CC2)cc1C(=O)CC[C@@H](O)[C@@H]1Cc2ccccc2CN1.Cl.Cl. The highest BCUT2D eigenvalue weighted by molar-refractivity contribution is 5.98. The standard InChI is InChI=1S/C28H37N3O4.2ClH/c1-3-35-28-18-29-23(14-20-10-12-31(13-11-20)19(2)32)16-24(28)26(33)8-9-27(34)25-15-21-6-4-5-7-22(21)17-30-25;;/h4-7,16,18,20,25,27,30,34H,3,8-15,17H2,1-2H3;2*1H/t25-,27+;;/m0../s1. The number of aliphatic hydroxyl groups is 1. The largest absolute Gasteiger partial charge is 0.491 e. The molecule has 204 valence electrons. The van der Waals surface area contributed by atoms with Gasteiger partial charge in [0.05, 0.1) is 24.5 Å². The summed E-state index contributed by atoms with van der Waals surface area (Å²) in [6.07, 6.45) is 5.14. The molecule has 2 aliphatic heterocycles. The Kier molecular flexibility index (Phi) is 12.3. The fourth-order valence-corrected chi connectivity index (χ4v) is 5.20. The van der Waals surface area contributed by atoms with Gasteiger partial charge < -0.3 is 20.1 Å². The number of carbonyl (C=O) groups excluding carboxylic acids is 2. The summed E-state index contributed by atoms with van der Waals surface area (Å²) in [6, 6.07) is 10.1. The molecule has 1 fully saturated rings. The summed E-state index contributed by atoms with van der Waals surface area (Å²) in [5.74, 6) is 1.05. The van der Waals surface area contributed by atoms with Gasteiger partial charge in [-0.1, -0.05) is 24.3 Å². The number of halogens is 2. The molecule has 2 aliphatic rings. The van der Waals surface area contributed by atoms with Gasteiger partial charge >= 0.3 is 0 Å². The molecule has 37 heavy (non-hydrogen) atoms. The molecular weight excluding hydrogens is 513 g/mol. The molecule has 1 saturated heterocycles. The number of ether oxygens (including phenoxy) is 1. The highest BCUT2D eigenvalue weighted by Gasteiger charge is 2.26. The molecule has 2 aromatic rings. The minimum absolute atomic E-state index is 0. The third-order valence-electron chi connectivity index (χ3n) is 7.33. The van der Waals surface area contributed by atoms with Gasteiger partial charge in [-0.2, -0.15) is 0 Å². The third-order valence-corrected chi connectivity index (χ3v) is 7.33. The lowest BCUT2D eigenvalue weighted by Crippen LogP contribution is -2.44. The number of aromatic nitrogens is 1. The number of ketones is 1. The average molecular weight is 553 g/mol. The van der Waals surface area contributed by atoms with Crippen molar-refractivity contribution in [3.63, 3.8) is 0 Å². The smallest absolute Gasteiger partial charge is 0.219 e. The van der Waals surface area contributed by atoms with Crippen LogP contribution in [0.2, 0.25) is 0 Å². The van der Waals surface area contributed by atoms with Crippen molar-refractivity contribution in [1.82, 2.24) is 15.2 Å². The van der Waals surface area contributed by atoms with E-state index in [0.717, 1.165) is 51.0 Å². The number of benzene rings is 1. The summed E-state index contributed by atoms with van der Waals surface area (Å²) in [5, 5.41) is 14.2. The van der Waals surface area contributed by atoms with Gasteiger partial charge in [-0.15, -0.1) is 24.8 Å². The highest BCUT2D eigenvalue weighted by atomic mass is 35.5. The van der Waals surface area contributed by atoms with Crippen LogP contribution >= 0.6 is 24.8 Å². The summed E-state index contributed by atoms with van der Waals surface area (Å²) in [6.45, 7) is 6.26. The summed E-state index contributed by atoms with van der Waals surface area (Å²) >= 11 is 0. The Balaban J connectivity index is 0.00000241. The first-order chi connectivity index (χ1) is 16.9. The molecule has 0 unspecified atom stereocenters. The molecule has 2 atom stereocenters. The molecule has 3 heterocycles. The number of piperidine rings is 1. The first-order valence-corrected chi connectivity index (χ1v) is 12.8. The molecule has 7 nitrogen and oxygen atoms in total. The van der Waals surface area contributed by atoms with Crippen LogP contribution in [0, 0.1) is 5.92 Å². The molecule has 0 spiro atoms. The van der Waals surface area contributed by atoms with Crippen molar-refractivity contribution >= 4 is 36.5 Å². The van der Waals surface area contributed by atoms with Crippen LogP contribution in [0.1, 0.15) is 66.7 Å². The predicted molar refractivity (Wildman–Crippen MR) is 149 cm³/mol. The Labute approximate surface area is 232 Å². The number of hydrogen-bond acceptors (Lipinski definition) is 6. The topological polar surface area (TPSA) is 91.8 Å². The van der Waals surface area contributed by atoms with E-state index in [0.29, 0.717) is 30.3 Å². The molecule has 4 rings (SSSR count). The molecule has 1 amide bonds. The highest BCUT2D eigenvalue weighted by Crippen LogP contribution is 2.26. The Hall–Kier alpha value is -2.19. The zero-order valence-corrected chi connectivity index (χ0v) is 23.3. The Morgan fingerprint density at radius 3 is 2.57 bits per heavy atom. The molecule has 0 saturated carbocycles.